The minimum absolute atomic E-state index is 0.129. The molecule has 2 aliphatic heterocycles. The molecule has 1 atom stereocenters. The summed E-state index contributed by atoms with van der Waals surface area (Å²) in [4.78, 5) is 34.1. The number of fused-ring (bicyclic) bond motifs is 1. The second-order valence-electron chi connectivity index (χ2n) is 8.89. The lowest BCUT2D eigenvalue weighted by Crippen LogP contribution is -2.23. The van der Waals surface area contributed by atoms with E-state index in [1.807, 2.05) is 28.9 Å². The molecule has 3 N–H and O–H groups in total. The number of benzene rings is 1. The van der Waals surface area contributed by atoms with E-state index < -0.39 is 5.91 Å². The first kappa shape index (κ1) is 22.5. The fourth-order valence-corrected chi connectivity index (χ4v) is 4.74. The SMILES string of the molecule is O=C(/C=C/c1ccc(CN2CC[C@H](c3nc4c(cnn4C4CCOCC4)c(=O)[nH]3)C2)cc1)NO. The van der Waals surface area contributed by atoms with Gasteiger partial charge in [-0.2, -0.15) is 5.10 Å². The lowest BCUT2D eigenvalue weighted by atomic mass is 10.1. The number of ether oxygens (including phenoxy) is 1. The van der Waals surface area contributed by atoms with Crippen molar-refractivity contribution in [2.24, 2.45) is 0 Å². The van der Waals surface area contributed by atoms with Gasteiger partial charge in [-0.3, -0.25) is 19.7 Å². The van der Waals surface area contributed by atoms with Gasteiger partial charge in [0.25, 0.3) is 11.5 Å². The molecule has 1 aromatic carbocycles. The molecule has 0 aliphatic carbocycles. The summed E-state index contributed by atoms with van der Waals surface area (Å²) in [6.07, 6.45) is 7.22. The van der Waals surface area contributed by atoms with Gasteiger partial charge in [-0.15, -0.1) is 0 Å². The fraction of sp³-hybridized carbons (Fsp3) is 0.417. The normalized spacial score (nSPS) is 19.9. The van der Waals surface area contributed by atoms with Crippen LogP contribution in [0.4, 0.5) is 0 Å². The Morgan fingerprint density at radius 3 is 2.79 bits per heavy atom. The molecule has 2 aliphatic rings. The van der Waals surface area contributed by atoms with Gasteiger partial charge in [0.1, 0.15) is 11.2 Å². The largest absolute Gasteiger partial charge is 0.381 e. The van der Waals surface area contributed by atoms with Gasteiger partial charge in [-0.25, -0.2) is 15.1 Å². The zero-order valence-electron chi connectivity index (χ0n) is 18.8. The molecule has 10 heteroatoms. The van der Waals surface area contributed by atoms with Gasteiger partial charge in [0, 0.05) is 38.3 Å². The van der Waals surface area contributed by atoms with Crippen molar-refractivity contribution in [2.45, 2.75) is 37.8 Å². The Bertz CT molecular complexity index is 1240. The number of nitrogens with one attached hydrogen (secondary N) is 2. The second kappa shape index (κ2) is 9.88. The van der Waals surface area contributed by atoms with Crippen LogP contribution in [0.1, 0.15) is 48.2 Å². The number of rotatable bonds is 6. The number of aromatic nitrogens is 4. The summed E-state index contributed by atoms with van der Waals surface area (Å²) in [6.45, 7) is 3.94. The highest BCUT2D eigenvalue weighted by molar-refractivity contribution is 5.90. The van der Waals surface area contributed by atoms with Gasteiger partial charge in [0.15, 0.2) is 5.65 Å². The van der Waals surface area contributed by atoms with Crippen molar-refractivity contribution in [3.8, 4) is 0 Å². The van der Waals surface area contributed by atoms with E-state index in [1.165, 1.54) is 11.6 Å². The minimum atomic E-state index is -0.562. The van der Waals surface area contributed by atoms with Gasteiger partial charge in [-0.05, 0) is 43.0 Å². The van der Waals surface area contributed by atoms with E-state index in [0.717, 1.165) is 50.3 Å². The lowest BCUT2D eigenvalue weighted by molar-refractivity contribution is -0.124. The van der Waals surface area contributed by atoms with Gasteiger partial charge in [-0.1, -0.05) is 24.3 Å². The lowest BCUT2D eigenvalue weighted by Gasteiger charge is -2.22. The Kier molecular flexibility index (Phi) is 6.52. The van der Waals surface area contributed by atoms with Crippen molar-refractivity contribution in [2.75, 3.05) is 26.3 Å². The molecule has 4 heterocycles. The van der Waals surface area contributed by atoms with Crippen LogP contribution in [0.2, 0.25) is 0 Å². The number of H-pyrrole nitrogens is 1. The smallest absolute Gasteiger partial charge is 0.267 e. The van der Waals surface area contributed by atoms with Crippen LogP contribution in [0.15, 0.2) is 41.3 Å². The quantitative estimate of drug-likeness (QED) is 0.289. The van der Waals surface area contributed by atoms with E-state index in [2.05, 4.69) is 15.0 Å². The Morgan fingerprint density at radius 1 is 1.24 bits per heavy atom. The van der Waals surface area contributed by atoms with Crippen molar-refractivity contribution in [3.05, 3.63) is 63.8 Å². The summed E-state index contributed by atoms with van der Waals surface area (Å²) in [5.41, 5.74) is 4.16. The molecule has 0 unspecified atom stereocenters. The van der Waals surface area contributed by atoms with E-state index in [9.17, 15) is 9.59 Å². The predicted octanol–water partition coefficient (Wildman–Crippen LogP) is 1.98. The molecule has 5 rings (SSSR count). The molecule has 0 saturated carbocycles. The van der Waals surface area contributed by atoms with Crippen LogP contribution in [0.5, 0.6) is 0 Å². The molecule has 2 aromatic heterocycles. The van der Waals surface area contributed by atoms with E-state index in [4.69, 9.17) is 14.9 Å². The van der Waals surface area contributed by atoms with Crippen LogP contribution in [0, 0.1) is 0 Å². The van der Waals surface area contributed by atoms with Crippen LogP contribution < -0.4 is 11.0 Å². The third-order valence-corrected chi connectivity index (χ3v) is 6.60. The van der Waals surface area contributed by atoms with Crippen LogP contribution >= 0.6 is 0 Å². The topological polar surface area (TPSA) is 125 Å². The van der Waals surface area contributed by atoms with Crippen molar-refractivity contribution in [3.63, 3.8) is 0 Å². The molecule has 178 valence electrons. The van der Waals surface area contributed by atoms with Gasteiger partial charge in [0.05, 0.1) is 12.2 Å². The number of hydrogen-bond acceptors (Lipinski definition) is 7. The molecule has 2 fully saturated rings. The van der Waals surface area contributed by atoms with Crippen molar-refractivity contribution in [1.82, 2.24) is 30.1 Å². The second-order valence-corrected chi connectivity index (χ2v) is 8.89. The molecule has 10 nitrogen and oxygen atoms in total. The average Bonchev–Trinajstić information content (AvgIpc) is 3.51. The molecule has 0 radical (unpaired) electrons. The van der Waals surface area contributed by atoms with Crippen LogP contribution in [-0.4, -0.2) is 62.1 Å². The van der Waals surface area contributed by atoms with E-state index >= 15 is 0 Å². The van der Waals surface area contributed by atoms with Gasteiger partial charge >= 0.3 is 0 Å². The zero-order valence-corrected chi connectivity index (χ0v) is 18.8. The molecular formula is C24H28N6O4. The van der Waals surface area contributed by atoms with E-state index in [0.29, 0.717) is 24.2 Å². The first-order valence-electron chi connectivity index (χ1n) is 11.6. The summed E-state index contributed by atoms with van der Waals surface area (Å²) < 4.78 is 7.37. The summed E-state index contributed by atoms with van der Waals surface area (Å²) >= 11 is 0. The molecule has 3 aromatic rings. The number of carbonyl (C=O) groups excluding carboxylic acids is 1. The Hall–Kier alpha value is -3.34. The highest BCUT2D eigenvalue weighted by Gasteiger charge is 2.27. The fourth-order valence-electron chi connectivity index (χ4n) is 4.74. The predicted molar refractivity (Wildman–Crippen MR) is 125 cm³/mol. The van der Waals surface area contributed by atoms with Crippen LogP contribution in [-0.2, 0) is 16.1 Å². The first-order chi connectivity index (χ1) is 16.6. The first-order valence-corrected chi connectivity index (χ1v) is 11.6. The minimum Gasteiger partial charge on any atom is -0.381 e. The van der Waals surface area contributed by atoms with E-state index in [1.54, 1.807) is 17.8 Å². The maximum Gasteiger partial charge on any atom is 0.267 e. The van der Waals surface area contributed by atoms with Crippen molar-refractivity contribution >= 4 is 23.0 Å². The number of hydroxylamine groups is 1. The summed E-state index contributed by atoms with van der Waals surface area (Å²) in [5.74, 6) is 0.332. The van der Waals surface area contributed by atoms with E-state index in [-0.39, 0.29) is 17.5 Å². The highest BCUT2D eigenvalue weighted by Crippen LogP contribution is 2.28. The number of amides is 1. The maximum atomic E-state index is 12.7. The van der Waals surface area contributed by atoms with Gasteiger partial charge < -0.3 is 9.72 Å². The third kappa shape index (κ3) is 4.79. The summed E-state index contributed by atoms with van der Waals surface area (Å²) in [5, 5.41) is 13.6. The molecule has 0 spiro atoms. The number of carbonyl (C=O) groups is 1. The van der Waals surface area contributed by atoms with Crippen molar-refractivity contribution in [1.29, 1.82) is 0 Å². The number of aromatic amines is 1. The monoisotopic (exact) mass is 464 g/mol. The van der Waals surface area contributed by atoms with Crippen molar-refractivity contribution < 1.29 is 14.7 Å². The molecular weight excluding hydrogens is 436 g/mol. The number of nitrogens with zero attached hydrogens (tertiary/aromatic N) is 4. The Morgan fingerprint density at radius 2 is 2.03 bits per heavy atom. The molecule has 34 heavy (non-hydrogen) atoms. The Balaban J connectivity index is 1.27. The third-order valence-electron chi connectivity index (χ3n) is 6.60. The number of likely N-dealkylation sites (tertiary alicyclic amines) is 1. The summed E-state index contributed by atoms with van der Waals surface area (Å²) in [7, 11) is 0. The van der Waals surface area contributed by atoms with Gasteiger partial charge in [0.2, 0.25) is 0 Å². The van der Waals surface area contributed by atoms with Crippen LogP contribution in [0.3, 0.4) is 0 Å². The molecule has 2 saturated heterocycles. The highest BCUT2D eigenvalue weighted by atomic mass is 16.5. The molecule has 1 amide bonds. The zero-order chi connectivity index (χ0) is 23.5. The maximum absolute atomic E-state index is 12.7. The summed E-state index contributed by atoms with van der Waals surface area (Å²) in [6, 6.07) is 8.15. The average molecular weight is 465 g/mol. The molecule has 0 bridgehead atoms. The number of hydrogen-bond donors (Lipinski definition) is 3. The Labute approximate surface area is 196 Å². The van der Waals surface area contributed by atoms with Crippen LogP contribution in [0.25, 0.3) is 17.1 Å². The standard InChI is InChI=1S/C24H28N6O4/c31-21(28-33)6-5-16-1-3-17(4-2-16)14-29-10-7-18(15-29)22-26-23-20(24(32)27-22)13-25-30(23)19-8-11-34-12-9-19/h1-6,13,18-19,33H,7-12,14-15H2,(H,28,31)(H,26,27,32)/b6-5+/t18-/m0/s1.